The van der Waals surface area contributed by atoms with Crippen LogP contribution in [0, 0.1) is 0 Å². The smallest absolute Gasteiger partial charge is 0.342 e. The molecule has 0 radical (unpaired) electrons. The molecule has 16 nitrogen and oxygen atoms in total. The fourth-order valence-electron chi connectivity index (χ4n) is 6.87. The highest BCUT2D eigenvalue weighted by Gasteiger charge is 2.63. The van der Waals surface area contributed by atoms with Crippen LogP contribution in [0.3, 0.4) is 0 Å². The van der Waals surface area contributed by atoms with E-state index in [0.29, 0.717) is 0 Å². The predicted octanol–water partition coefficient (Wildman–Crippen LogP) is 4.23. The van der Waals surface area contributed by atoms with Gasteiger partial charge in [0.25, 0.3) is 0 Å². The Hall–Kier alpha value is -0.100. The van der Waals surface area contributed by atoms with Gasteiger partial charge >= 0.3 is 15.2 Å². The molecule has 0 aliphatic carbocycles. The van der Waals surface area contributed by atoms with Crippen molar-refractivity contribution in [3.05, 3.63) is 0 Å². The minimum Gasteiger partial charge on any atom is -0.342 e. The Morgan fingerprint density at radius 3 is 1.17 bits per heavy atom. The molecule has 6 aliphatic rings. The summed E-state index contributed by atoms with van der Waals surface area (Å²) in [4.78, 5) is 0. The Bertz CT molecular complexity index is 1160. The maximum Gasteiger partial charge on any atom is 0.342 e. The zero-order valence-corrected chi connectivity index (χ0v) is 30.5. The Kier molecular flexibility index (Phi) is 10.0. The van der Waals surface area contributed by atoms with E-state index in [0.717, 1.165) is 0 Å². The summed E-state index contributed by atoms with van der Waals surface area (Å²) in [5, 5.41) is 0. The van der Waals surface area contributed by atoms with Gasteiger partial charge in [0.2, 0.25) is 0 Å². The normalized spacial score (nSPS) is 41.3. The average molecular weight is 717 g/mol. The summed E-state index contributed by atoms with van der Waals surface area (Å²) < 4.78 is 113. The first-order valence-electron chi connectivity index (χ1n) is 16.2. The highest BCUT2D eigenvalue weighted by Crippen LogP contribution is 2.64. The maximum absolute atomic E-state index is 14.6. The van der Waals surface area contributed by atoms with Crippen molar-refractivity contribution in [3.63, 3.8) is 0 Å². The molecule has 0 N–H and O–H groups in total. The minimum atomic E-state index is -4.29. The van der Waals surface area contributed by atoms with Gasteiger partial charge < -0.3 is 65.5 Å². The van der Waals surface area contributed by atoms with Crippen molar-refractivity contribution in [1.29, 1.82) is 0 Å². The standard InChI is InChI=1S/C29H50O16P2/c1-11-32-46(30,33-12-2)15-47(31,34-13-16-18-20(40-26(3,4)38-18)22-24(36-16)44-28(7,8)42-22)35-14-17-19-21(41-27(5,6)39-19)23-25(37-17)45-29(9,10)43-23/h16-25H,11-15H2,1-10H3/t16-,17-,18+,19+,20+,21+,22-,23-,24+,25+/m1/s1. The van der Waals surface area contributed by atoms with Crippen LogP contribution in [-0.4, -0.2) is 117 Å². The van der Waals surface area contributed by atoms with Crippen molar-refractivity contribution in [3.8, 4) is 0 Å². The summed E-state index contributed by atoms with van der Waals surface area (Å²) in [6, 6.07) is 0. The third-order valence-electron chi connectivity index (χ3n) is 8.37. The van der Waals surface area contributed by atoms with E-state index in [2.05, 4.69) is 0 Å². The van der Waals surface area contributed by atoms with Crippen LogP contribution in [-0.2, 0) is 74.6 Å². The molecule has 0 unspecified atom stereocenters. The Morgan fingerprint density at radius 2 is 0.787 bits per heavy atom. The van der Waals surface area contributed by atoms with E-state index in [1.165, 1.54) is 0 Å². The number of ether oxygens (including phenoxy) is 10. The van der Waals surface area contributed by atoms with Gasteiger partial charge in [-0.15, -0.1) is 0 Å². The molecule has 0 amide bonds. The highest BCUT2D eigenvalue weighted by atomic mass is 31.2. The van der Waals surface area contributed by atoms with Crippen LogP contribution >= 0.6 is 15.2 Å². The van der Waals surface area contributed by atoms with Gasteiger partial charge in [0.1, 0.15) is 48.8 Å². The van der Waals surface area contributed by atoms with Gasteiger partial charge in [-0.2, -0.15) is 0 Å². The number of rotatable bonds is 12. The summed E-state index contributed by atoms with van der Waals surface area (Å²) in [5.41, 5.74) is 0. The van der Waals surface area contributed by atoms with E-state index < -0.39 is 106 Å². The zero-order chi connectivity index (χ0) is 34.2. The molecular formula is C29H50O16P2. The summed E-state index contributed by atoms with van der Waals surface area (Å²) in [7, 11) is -8.22. The Morgan fingerprint density at radius 1 is 0.468 bits per heavy atom. The summed E-state index contributed by atoms with van der Waals surface area (Å²) in [6.45, 7) is 17.1. The zero-order valence-electron chi connectivity index (χ0n) is 28.7. The SMILES string of the molecule is CCOP(=O)(CP(=O)(OC[C@H]1O[C@H]2OC(C)(C)O[C@@H]2[C@H]2OC(C)(C)O[C@H]21)OC[C@H]1O[C@H]2OC(C)(C)O[C@@H]2[C@H]2OC(C)(C)O[C@H]21)OCC. The van der Waals surface area contributed by atoms with E-state index >= 15 is 0 Å². The molecule has 0 spiro atoms. The van der Waals surface area contributed by atoms with E-state index in [4.69, 9.17) is 65.5 Å². The van der Waals surface area contributed by atoms with E-state index in [-0.39, 0.29) is 26.4 Å². The summed E-state index contributed by atoms with van der Waals surface area (Å²) in [6.07, 6.45) is -6.76. The fraction of sp³-hybridized carbons (Fsp3) is 1.00. The molecule has 0 aromatic rings. The molecule has 0 bridgehead atoms. The van der Waals surface area contributed by atoms with Crippen molar-refractivity contribution >= 4 is 15.2 Å². The van der Waals surface area contributed by atoms with Crippen LogP contribution < -0.4 is 0 Å². The monoisotopic (exact) mass is 716 g/mol. The quantitative estimate of drug-likeness (QED) is 0.264. The summed E-state index contributed by atoms with van der Waals surface area (Å²) in [5.74, 6) is -4.41. The first kappa shape index (κ1) is 36.7. The van der Waals surface area contributed by atoms with Crippen LogP contribution in [0.15, 0.2) is 0 Å². The molecule has 0 saturated carbocycles. The van der Waals surface area contributed by atoms with Crippen LogP contribution in [0.4, 0.5) is 0 Å². The number of hydrogen-bond donors (Lipinski definition) is 0. The lowest BCUT2D eigenvalue weighted by Gasteiger charge is -2.38. The van der Waals surface area contributed by atoms with Crippen LogP contribution in [0.2, 0.25) is 0 Å². The van der Waals surface area contributed by atoms with Gasteiger partial charge in [-0.3, -0.25) is 9.13 Å². The molecule has 272 valence electrons. The molecule has 6 aliphatic heterocycles. The lowest BCUT2D eigenvalue weighted by atomic mass is 9.99. The third kappa shape index (κ3) is 7.89. The van der Waals surface area contributed by atoms with Crippen LogP contribution in [0.25, 0.3) is 0 Å². The lowest BCUT2D eigenvalue weighted by molar-refractivity contribution is -0.241. The van der Waals surface area contributed by atoms with E-state index in [1.54, 1.807) is 69.2 Å². The Balaban J connectivity index is 1.22. The molecule has 47 heavy (non-hydrogen) atoms. The molecule has 0 aromatic heterocycles. The second kappa shape index (κ2) is 12.8. The summed E-state index contributed by atoms with van der Waals surface area (Å²) >= 11 is 0. The molecular weight excluding hydrogens is 666 g/mol. The van der Waals surface area contributed by atoms with Crippen LogP contribution in [0.1, 0.15) is 69.2 Å². The third-order valence-corrected chi connectivity index (χ3v) is 13.5. The molecule has 6 fully saturated rings. The minimum absolute atomic E-state index is 0.0508. The van der Waals surface area contributed by atoms with Crippen LogP contribution in [0.5, 0.6) is 0 Å². The second-order valence-corrected chi connectivity index (χ2v) is 18.8. The second-order valence-electron chi connectivity index (χ2n) is 14.2. The van der Waals surface area contributed by atoms with Crippen molar-refractivity contribution < 1.29 is 74.6 Å². The first-order valence-corrected chi connectivity index (χ1v) is 19.7. The van der Waals surface area contributed by atoms with Gasteiger partial charge in [-0.1, -0.05) is 0 Å². The van der Waals surface area contributed by atoms with Crippen molar-refractivity contribution in [2.45, 2.75) is 154 Å². The topological polar surface area (TPSA) is 163 Å². The predicted molar refractivity (Wildman–Crippen MR) is 160 cm³/mol. The van der Waals surface area contributed by atoms with Gasteiger partial charge in [-0.05, 0) is 69.2 Å². The molecule has 10 atom stereocenters. The molecule has 0 aromatic carbocycles. The number of hydrogen-bond acceptors (Lipinski definition) is 16. The van der Waals surface area contributed by atoms with Gasteiger partial charge in [0, 0.05) is 0 Å². The fourth-order valence-corrected chi connectivity index (χ4v) is 11.6. The van der Waals surface area contributed by atoms with Gasteiger partial charge in [0.05, 0.1) is 26.4 Å². The largest absolute Gasteiger partial charge is 0.342 e. The van der Waals surface area contributed by atoms with Gasteiger partial charge in [0.15, 0.2) is 41.6 Å². The van der Waals surface area contributed by atoms with Crippen molar-refractivity contribution in [2.75, 3.05) is 32.3 Å². The molecule has 6 saturated heterocycles. The molecule has 6 rings (SSSR count). The van der Waals surface area contributed by atoms with E-state index in [1.807, 2.05) is 0 Å². The Labute approximate surface area is 275 Å². The first-order chi connectivity index (χ1) is 21.7. The van der Waals surface area contributed by atoms with Crippen molar-refractivity contribution in [1.82, 2.24) is 0 Å². The highest BCUT2D eigenvalue weighted by molar-refractivity contribution is 7.71. The van der Waals surface area contributed by atoms with Crippen molar-refractivity contribution in [2.24, 2.45) is 0 Å². The molecule has 6 heterocycles. The van der Waals surface area contributed by atoms with Gasteiger partial charge in [-0.25, -0.2) is 0 Å². The lowest BCUT2D eigenvalue weighted by Crippen LogP contribution is -2.56. The maximum atomic E-state index is 14.6. The number of fused-ring (bicyclic) bond motifs is 6. The van der Waals surface area contributed by atoms with E-state index in [9.17, 15) is 9.13 Å². The molecule has 18 heteroatoms. The average Bonchev–Trinajstić information content (AvgIpc) is 3.63.